The van der Waals surface area contributed by atoms with E-state index in [0.29, 0.717) is 23.6 Å². The molecule has 0 spiro atoms. The molecule has 0 aromatic heterocycles. The lowest BCUT2D eigenvalue weighted by atomic mass is 10.2. The van der Waals surface area contributed by atoms with Gasteiger partial charge in [-0.3, -0.25) is 19.3 Å². The molecule has 0 aliphatic carbocycles. The van der Waals surface area contributed by atoms with E-state index in [9.17, 15) is 14.4 Å². The first-order valence-corrected chi connectivity index (χ1v) is 7.36. The molecule has 2 rings (SSSR count). The van der Waals surface area contributed by atoms with E-state index >= 15 is 0 Å². The number of ether oxygens (including phenoxy) is 2. The van der Waals surface area contributed by atoms with Crippen LogP contribution in [-0.4, -0.2) is 49.9 Å². The smallest absolute Gasteiger partial charge is 0.249 e. The van der Waals surface area contributed by atoms with Crippen molar-refractivity contribution < 1.29 is 23.9 Å². The number of benzene rings is 1. The first-order chi connectivity index (χ1) is 11.0. The number of hydrogen-bond donors (Lipinski definition) is 0. The molecular formula is C16H20N2O5. The molecule has 3 amide bonds. The summed E-state index contributed by atoms with van der Waals surface area (Å²) in [4.78, 5) is 38.8. The highest BCUT2D eigenvalue weighted by molar-refractivity contribution is 6.10. The van der Waals surface area contributed by atoms with Crippen LogP contribution in [0.3, 0.4) is 0 Å². The van der Waals surface area contributed by atoms with Gasteiger partial charge in [-0.15, -0.1) is 0 Å². The molecule has 0 N–H and O–H groups in total. The minimum absolute atomic E-state index is 0.176. The van der Waals surface area contributed by atoms with Gasteiger partial charge in [-0.2, -0.15) is 0 Å². The summed E-state index contributed by atoms with van der Waals surface area (Å²) in [5.41, 5.74) is 0.502. The zero-order chi connectivity index (χ0) is 17.0. The number of carbonyl (C=O) groups excluding carboxylic acids is 3. The first kappa shape index (κ1) is 16.8. The quantitative estimate of drug-likeness (QED) is 0.815. The summed E-state index contributed by atoms with van der Waals surface area (Å²) in [5, 5.41) is 0. The van der Waals surface area contributed by atoms with Crippen molar-refractivity contribution >= 4 is 23.4 Å². The van der Waals surface area contributed by atoms with Crippen LogP contribution in [-0.2, 0) is 14.4 Å². The van der Waals surface area contributed by atoms with Crippen molar-refractivity contribution in [2.75, 3.05) is 32.2 Å². The Labute approximate surface area is 134 Å². The molecule has 1 aliphatic heterocycles. The van der Waals surface area contributed by atoms with Crippen LogP contribution in [0, 0.1) is 0 Å². The van der Waals surface area contributed by atoms with Crippen LogP contribution < -0.4 is 14.4 Å². The molecule has 7 nitrogen and oxygen atoms in total. The number of carbonyl (C=O) groups is 3. The Morgan fingerprint density at radius 3 is 2.17 bits per heavy atom. The average Bonchev–Trinajstić information content (AvgIpc) is 2.56. The van der Waals surface area contributed by atoms with Gasteiger partial charge in [-0.05, 0) is 6.42 Å². The van der Waals surface area contributed by atoms with Gasteiger partial charge in [0.05, 0.1) is 19.9 Å². The standard InChI is InChI=1S/C16H20N2O5/c1-4-5-14(19)18-10-15(20)17(9-16(18)21)11-6-12(22-2)8-13(7-11)23-3/h6-8H,4-5,9-10H2,1-3H3. The van der Waals surface area contributed by atoms with E-state index in [-0.39, 0.29) is 37.2 Å². The Balaban J connectivity index is 2.24. The summed E-state index contributed by atoms with van der Waals surface area (Å²) < 4.78 is 10.3. The highest BCUT2D eigenvalue weighted by Crippen LogP contribution is 2.29. The third-order valence-electron chi connectivity index (χ3n) is 3.60. The second kappa shape index (κ2) is 7.13. The fourth-order valence-corrected chi connectivity index (χ4v) is 2.38. The molecule has 1 aromatic carbocycles. The van der Waals surface area contributed by atoms with Crippen LogP contribution in [0.1, 0.15) is 19.8 Å². The summed E-state index contributed by atoms with van der Waals surface area (Å²) in [6.07, 6.45) is 0.888. The Bertz CT molecular complexity index is 607. The Morgan fingerprint density at radius 1 is 1.04 bits per heavy atom. The van der Waals surface area contributed by atoms with Gasteiger partial charge in [0.25, 0.3) is 0 Å². The van der Waals surface area contributed by atoms with Crippen LogP contribution in [0.2, 0.25) is 0 Å². The Morgan fingerprint density at radius 2 is 1.65 bits per heavy atom. The molecule has 0 saturated carbocycles. The fourth-order valence-electron chi connectivity index (χ4n) is 2.38. The van der Waals surface area contributed by atoms with E-state index in [0.717, 1.165) is 4.90 Å². The molecule has 1 aromatic rings. The molecule has 1 fully saturated rings. The maximum absolute atomic E-state index is 12.4. The molecule has 124 valence electrons. The van der Waals surface area contributed by atoms with Crippen molar-refractivity contribution in [2.45, 2.75) is 19.8 Å². The Kier molecular flexibility index (Phi) is 5.20. The number of rotatable bonds is 5. The summed E-state index contributed by atoms with van der Waals surface area (Å²) in [7, 11) is 3.01. The van der Waals surface area contributed by atoms with Gasteiger partial charge in [0, 0.05) is 24.6 Å². The monoisotopic (exact) mass is 320 g/mol. The maximum atomic E-state index is 12.4. The number of hydrogen-bond acceptors (Lipinski definition) is 5. The van der Waals surface area contributed by atoms with E-state index < -0.39 is 0 Å². The molecule has 1 heterocycles. The zero-order valence-corrected chi connectivity index (χ0v) is 13.5. The predicted molar refractivity (Wildman–Crippen MR) is 83.5 cm³/mol. The van der Waals surface area contributed by atoms with Crippen molar-refractivity contribution in [1.82, 2.24) is 4.90 Å². The van der Waals surface area contributed by atoms with E-state index in [1.54, 1.807) is 18.2 Å². The predicted octanol–water partition coefficient (Wildman–Crippen LogP) is 1.21. The van der Waals surface area contributed by atoms with E-state index in [1.165, 1.54) is 19.1 Å². The average molecular weight is 320 g/mol. The lowest BCUT2D eigenvalue weighted by molar-refractivity contribution is -0.149. The Hall–Kier alpha value is -2.57. The molecule has 23 heavy (non-hydrogen) atoms. The largest absolute Gasteiger partial charge is 0.497 e. The third-order valence-corrected chi connectivity index (χ3v) is 3.60. The molecule has 0 unspecified atom stereocenters. The number of methoxy groups -OCH3 is 2. The SMILES string of the molecule is CCCC(=O)N1CC(=O)N(c2cc(OC)cc(OC)c2)CC1=O. The minimum atomic E-state index is -0.384. The zero-order valence-electron chi connectivity index (χ0n) is 13.5. The van der Waals surface area contributed by atoms with Crippen molar-refractivity contribution in [3.8, 4) is 11.5 Å². The molecule has 0 atom stereocenters. The van der Waals surface area contributed by atoms with Crippen LogP contribution in [0.4, 0.5) is 5.69 Å². The number of imide groups is 1. The normalized spacial score (nSPS) is 14.9. The minimum Gasteiger partial charge on any atom is -0.497 e. The summed E-state index contributed by atoms with van der Waals surface area (Å²) in [5.74, 6) is 0.0242. The van der Waals surface area contributed by atoms with Crippen molar-refractivity contribution in [3.63, 3.8) is 0 Å². The summed E-state index contributed by atoms with van der Waals surface area (Å²) in [6, 6.07) is 4.98. The molecular weight excluding hydrogens is 300 g/mol. The van der Waals surface area contributed by atoms with Crippen LogP contribution in [0.5, 0.6) is 11.5 Å². The topological polar surface area (TPSA) is 76.2 Å². The highest BCUT2D eigenvalue weighted by atomic mass is 16.5. The van der Waals surface area contributed by atoms with Gasteiger partial charge in [0.15, 0.2) is 0 Å². The highest BCUT2D eigenvalue weighted by Gasteiger charge is 2.34. The maximum Gasteiger partial charge on any atom is 0.249 e. The van der Waals surface area contributed by atoms with Crippen LogP contribution in [0.15, 0.2) is 18.2 Å². The van der Waals surface area contributed by atoms with Crippen molar-refractivity contribution in [1.29, 1.82) is 0 Å². The van der Waals surface area contributed by atoms with E-state index in [2.05, 4.69) is 0 Å². The van der Waals surface area contributed by atoms with Gasteiger partial charge in [-0.1, -0.05) is 6.92 Å². The van der Waals surface area contributed by atoms with Gasteiger partial charge in [0.2, 0.25) is 17.7 Å². The van der Waals surface area contributed by atoms with Gasteiger partial charge >= 0.3 is 0 Å². The molecule has 1 aliphatic rings. The van der Waals surface area contributed by atoms with E-state index in [1.807, 2.05) is 6.92 Å². The number of amides is 3. The molecule has 0 radical (unpaired) electrons. The van der Waals surface area contributed by atoms with Crippen LogP contribution >= 0.6 is 0 Å². The summed E-state index contributed by atoms with van der Waals surface area (Å²) >= 11 is 0. The van der Waals surface area contributed by atoms with Gasteiger partial charge in [0.1, 0.15) is 24.6 Å². The molecule has 0 bridgehead atoms. The van der Waals surface area contributed by atoms with E-state index in [4.69, 9.17) is 9.47 Å². The van der Waals surface area contributed by atoms with Gasteiger partial charge in [-0.25, -0.2) is 0 Å². The molecule has 7 heteroatoms. The van der Waals surface area contributed by atoms with Crippen molar-refractivity contribution in [3.05, 3.63) is 18.2 Å². The molecule has 1 saturated heterocycles. The lowest BCUT2D eigenvalue weighted by Gasteiger charge is -2.33. The van der Waals surface area contributed by atoms with Crippen molar-refractivity contribution in [2.24, 2.45) is 0 Å². The fraction of sp³-hybridized carbons (Fsp3) is 0.438. The van der Waals surface area contributed by atoms with Crippen LogP contribution in [0.25, 0.3) is 0 Å². The first-order valence-electron chi connectivity index (χ1n) is 7.36. The third kappa shape index (κ3) is 3.61. The number of anilines is 1. The number of nitrogens with zero attached hydrogens (tertiary/aromatic N) is 2. The lowest BCUT2D eigenvalue weighted by Crippen LogP contribution is -2.55. The summed E-state index contributed by atoms with van der Waals surface area (Å²) in [6.45, 7) is 1.44. The number of piperazine rings is 1. The van der Waals surface area contributed by atoms with Gasteiger partial charge < -0.3 is 14.4 Å². The second-order valence-electron chi connectivity index (χ2n) is 5.17. The second-order valence-corrected chi connectivity index (χ2v) is 5.17.